The van der Waals surface area contributed by atoms with Crippen LogP contribution in [0, 0.1) is 6.92 Å². The number of nitrogens with zero attached hydrogens (tertiary/aromatic N) is 1. The molecule has 0 radical (unpaired) electrons. The van der Waals surface area contributed by atoms with Crippen LogP contribution in [-0.2, 0) is 6.42 Å². The molecule has 1 aromatic carbocycles. The number of hydrogen-bond acceptors (Lipinski definition) is 3. The Hall–Kier alpha value is -2.69. The van der Waals surface area contributed by atoms with Crippen molar-refractivity contribution in [2.75, 3.05) is 11.9 Å². The van der Waals surface area contributed by atoms with E-state index in [0.29, 0.717) is 12.1 Å². The van der Waals surface area contributed by atoms with E-state index in [9.17, 15) is 9.59 Å². The molecule has 2 amide bonds. The van der Waals surface area contributed by atoms with Crippen molar-refractivity contribution < 1.29 is 9.59 Å². The Morgan fingerprint density at radius 3 is 2.62 bits per heavy atom. The van der Waals surface area contributed by atoms with Crippen LogP contribution in [-0.4, -0.2) is 23.3 Å². The Morgan fingerprint density at radius 2 is 1.88 bits per heavy atom. The fourth-order valence-corrected chi connectivity index (χ4v) is 2.75. The summed E-state index contributed by atoms with van der Waals surface area (Å²) in [6.45, 7) is 6.76. The fraction of sp³-hybridized carbons (Fsp3) is 0.381. The summed E-state index contributed by atoms with van der Waals surface area (Å²) in [6.07, 6.45) is 5.44. The normalized spacial score (nSPS) is 10.4. The highest BCUT2D eigenvalue weighted by Gasteiger charge is 2.14. The van der Waals surface area contributed by atoms with Crippen LogP contribution in [0.4, 0.5) is 5.69 Å². The zero-order valence-electron chi connectivity index (χ0n) is 15.8. The number of rotatable bonds is 8. The van der Waals surface area contributed by atoms with Crippen molar-refractivity contribution in [2.45, 2.75) is 46.5 Å². The van der Waals surface area contributed by atoms with Crippen molar-refractivity contribution >= 4 is 17.5 Å². The number of nitrogens with one attached hydrogen (secondary N) is 2. The highest BCUT2D eigenvalue weighted by atomic mass is 16.2. The second-order valence-electron chi connectivity index (χ2n) is 6.31. The second kappa shape index (κ2) is 9.70. The molecule has 0 aliphatic carbocycles. The lowest BCUT2D eigenvalue weighted by molar-refractivity contribution is 0.0948. The molecule has 0 aliphatic heterocycles. The van der Waals surface area contributed by atoms with Gasteiger partial charge in [-0.05, 0) is 43.0 Å². The first kappa shape index (κ1) is 19.6. The third kappa shape index (κ3) is 5.15. The number of aromatic nitrogens is 1. The van der Waals surface area contributed by atoms with Crippen LogP contribution in [0.2, 0.25) is 0 Å². The number of anilines is 1. The number of carbonyl (C=O) groups is 2. The first-order chi connectivity index (χ1) is 12.6. The molecule has 1 aromatic heterocycles. The van der Waals surface area contributed by atoms with Crippen molar-refractivity contribution in [1.29, 1.82) is 0 Å². The predicted octanol–water partition coefficient (Wildman–Crippen LogP) is 4.12. The molecule has 2 N–H and O–H groups in total. The summed E-state index contributed by atoms with van der Waals surface area (Å²) in [6, 6.07) is 9.11. The van der Waals surface area contributed by atoms with Crippen LogP contribution in [0.5, 0.6) is 0 Å². The molecule has 2 aromatic rings. The summed E-state index contributed by atoms with van der Waals surface area (Å²) in [7, 11) is 0. The van der Waals surface area contributed by atoms with Gasteiger partial charge in [0.05, 0.1) is 0 Å². The van der Waals surface area contributed by atoms with Crippen molar-refractivity contribution in [3.63, 3.8) is 0 Å². The second-order valence-corrected chi connectivity index (χ2v) is 6.31. The summed E-state index contributed by atoms with van der Waals surface area (Å²) in [5, 5.41) is 5.82. The van der Waals surface area contributed by atoms with E-state index in [4.69, 9.17) is 0 Å². The van der Waals surface area contributed by atoms with Crippen molar-refractivity contribution in [3.05, 3.63) is 58.9 Å². The summed E-state index contributed by atoms with van der Waals surface area (Å²) in [4.78, 5) is 28.9. The average molecular weight is 353 g/mol. The topological polar surface area (TPSA) is 71.1 Å². The quantitative estimate of drug-likeness (QED) is 0.701. The smallest absolute Gasteiger partial charge is 0.269 e. The van der Waals surface area contributed by atoms with E-state index in [1.165, 1.54) is 12.3 Å². The number of para-hydroxylation sites is 1. The van der Waals surface area contributed by atoms with Gasteiger partial charge in [0.25, 0.3) is 11.8 Å². The largest absolute Gasteiger partial charge is 0.351 e. The van der Waals surface area contributed by atoms with Gasteiger partial charge in [-0.25, -0.2) is 0 Å². The van der Waals surface area contributed by atoms with Gasteiger partial charge in [-0.1, -0.05) is 44.9 Å². The van der Waals surface area contributed by atoms with Crippen molar-refractivity contribution in [3.8, 4) is 0 Å². The minimum atomic E-state index is -0.249. The van der Waals surface area contributed by atoms with E-state index in [1.807, 2.05) is 25.1 Å². The van der Waals surface area contributed by atoms with E-state index in [-0.39, 0.29) is 17.5 Å². The molecule has 26 heavy (non-hydrogen) atoms. The molecule has 0 saturated carbocycles. The van der Waals surface area contributed by atoms with Gasteiger partial charge in [-0.2, -0.15) is 0 Å². The number of hydrogen-bond donors (Lipinski definition) is 2. The lowest BCUT2D eigenvalue weighted by Gasteiger charge is -2.13. The van der Waals surface area contributed by atoms with Gasteiger partial charge < -0.3 is 10.6 Å². The number of amides is 2. The van der Waals surface area contributed by atoms with Gasteiger partial charge in [0.15, 0.2) is 0 Å². The van der Waals surface area contributed by atoms with E-state index in [1.54, 1.807) is 6.07 Å². The van der Waals surface area contributed by atoms with Gasteiger partial charge in [-0.3, -0.25) is 14.6 Å². The van der Waals surface area contributed by atoms with Gasteiger partial charge in [0.1, 0.15) is 5.69 Å². The van der Waals surface area contributed by atoms with Gasteiger partial charge in [-0.15, -0.1) is 0 Å². The maximum atomic E-state index is 12.6. The number of aryl methyl sites for hydroxylation is 2. The summed E-state index contributed by atoms with van der Waals surface area (Å²) in [5.41, 5.74) is 3.61. The first-order valence-electron chi connectivity index (χ1n) is 9.20. The van der Waals surface area contributed by atoms with Gasteiger partial charge in [0.2, 0.25) is 0 Å². The minimum absolute atomic E-state index is 0.239. The Kier molecular flexibility index (Phi) is 7.33. The van der Waals surface area contributed by atoms with E-state index >= 15 is 0 Å². The third-order valence-corrected chi connectivity index (χ3v) is 4.30. The van der Waals surface area contributed by atoms with E-state index in [0.717, 1.165) is 42.5 Å². The number of carbonyl (C=O) groups excluding carboxylic acids is 2. The van der Waals surface area contributed by atoms with Crippen LogP contribution in [0.15, 0.2) is 36.5 Å². The molecule has 2 rings (SSSR count). The van der Waals surface area contributed by atoms with Crippen LogP contribution in [0.3, 0.4) is 0 Å². The average Bonchev–Trinajstić information content (AvgIpc) is 2.66. The summed E-state index contributed by atoms with van der Waals surface area (Å²) >= 11 is 0. The number of unbranched alkanes of at least 4 members (excludes halogenated alkanes) is 2. The molecule has 0 unspecified atom stereocenters. The molecule has 0 spiro atoms. The SMILES string of the molecule is CCCCCNC(=O)c1cc(C(=O)Nc2c(C)cccc2CC)ccn1. The van der Waals surface area contributed by atoms with E-state index in [2.05, 4.69) is 29.5 Å². The third-order valence-electron chi connectivity index (χ3n) is 4.30. The highest BCUT2D eigenvalue weighted by molar-refractivity contribution is 6.06. The van der Waals surface area contributed by atoms with Crippen LogP contribution in [0.25, 0.3) is 0 Å². The molecule has 5 heteroatoms. The molecule has 0 atom stereocenters. The molecule has 0 fully saturated rings. The predicted molar refractivity (Wildman–Crippen MR) is 105 cm³/mol. The molecule has 0 saturated heterocycles. The number of benzene rings is 1. The van der Waals surface area contributed by atoms with Crippen LogP contribution >= 0.6 is 0 Å². The van der Waals surface area contributed by atoms with Gasteiger partial charge in [0, 0.05) is 24.0 Å². The molecule has 5 nitrogen and oxygen atoms in total. The van der Waals surface area contributed by atoms with Gasteiger partial charge >= 0.3 is 0 Å². The lowest BCUT2D eigenvalue weighted by Crippen LogP contribution is -2.26. The van der Waals surface area contributed by atoms with E-state index < -0.39 is 0 Å². The fourth-order valence-electron chi connectivity index (χ4n) is 2.75. The molecular formula is C21H27N3O2. The molecule has 0 bridgehead atoms. The molecule has 1 heterocycles. The summed E-state index contributed by atoms with van der Waals surface area (Å²) < 4.78 is 0. The van der Waals surface area contributed by atoms with Crippen molar-refractivity contribution in [1.82, 2.24) is 10.3 Å². The maximum Gasteiger partial charge on any atom is 0.269 e. The maximum absolute atomic E-state index is 12.6. The first-order valence-corrected chi connectivity index (χ1v) is 9.20. The Labute approximate surface area is 155 Å². The van der Waals surface area contributed by atoms with Crippen LogP contribution in [0.1, 0.15) is 65.1 Å². The Balaban J connectivity index is 2.10. The zero-order valence-corrected chi connectivity index (χ0v) is 15.8. The summed E-state index contributed by atoms with van der Waals surface area (Å²) in [5.74, 6) is -0.489. The zero-order chi connectivity index (χ0) is 18.9. The minimum Gasteiger partial charge on any atom is -0.351 e. The standard InChI is InChI=1S/C21H27N3O2/c1-4-6-7-12-23-21(26)18-14-17(11-13-22-18)20(25)24-19-15(3)9-8-10-16(19)5-2/h8-11,13-14H,4-7,12H2,1-3H3,(H,23,26)(H,24,25). The monoisotopic (exact) mass is 353 g/mol. The Morgan fingerprint density at radius 1 is 1.08 bits per heavy atom. The molecular weight excluding hydrogens is 326 g/mol. The van der Waals surface area contributed by atoms with Crippen LogP contribution < -0.4 is 10.6 Å². The Bertz CT molecular complexity index is 772. The lowest BCUT2D eigenvalue weighted by atomic mass is 10.1. The molecule has 138 valence electrons. The highest BCUT2D eigenvalue weighted by Crippen LogP contribution is 2.22. The number of pyridine rings is 1. The van der Waals surface area contributed by atoms with Crippen molar-refractivity contribution in [2.24, 2.45) is 0 Å². The molecule has 0 aliphatic rings.